The Morgan fingerprint density at radius 3 is 2.14 bits per heavy atom. The summed E-state index contributed by atoms with van der Waals surface area (Å²) in [5.74, 6) is 0.313. The van der Waals surface area contributed by atoms with Crippen molar-refractivity contribution in [3.63, 3.8) is 0 Å². The standard InChI is InChI=1S/C27H34O2/c1-9-29-25(28)21-12-10-20(11-13-21)14-17(2)22-16-24-23(15-18(22)3)26(5,6)19(4)27(24,7)8/h10-16,19H,9H2,1-8H3/b17-14+. The van der Waals surface area contributed by atoms with Gasteiger partial charge in [0.1, 0.15) is 0 Å². The zero-order valence-electron chi connectivity index (χ0n) is 19.1. The number of fused-ring (bicyclic) bond motifs is 1. The molecule has 1 aliphatic rings. The summed E-state index contributed by atoms with van der Waals surface area (Å²) in [5, 5.41) is 0. The van der Waals surface area contributed by atoms with Crippen LogP contribution in [0.4, 0.5) is 0 Å². The highest BCUT2D eigenvalue weighted by molar-refractivity contribution is 5.90. The van der Waals surface area contributed by atoms with Crippen LogP contribution in [0.2, 0.25) is 0 Å². The molecule has 0 aliphatic heterocycles. The van der Waals surface area contributed by atoms with E-state index in [1.165, 1.54) is 27.8 Å². The molecule has 1 unspecified atom stereocenters. The van der Waals surface area contributed by atoms with E-state index in [0.717, 1.165) is 5.56 Å². The molecule has 0 saturated carbocycles. The molecule has 0 saturated heterocycles. The third kappa shape index (κ3) is 3.66. The Labute approximate surface area is 176 Å². The first-order valence-corrected chi connectivity index (χ1v) is 10.6. The van der Waals surface area contributed by atoms with Gasteiger partial charge < -0.3 is 4.74 Å². The number of aryl methyl sites for hydroxylation is 1. The van der Waals surface area contributed by atoms with Crippen molar-refractivity contribution in [2.24, 2.45) is 5.92 Å². The third-order valence-electron chi connectivity index (χ3n) is 7.15. The van der Waals surface area contributed by atoms with Gasteiger partial charge >= 0.3 is 5.97 Å². The van der Waals surface area contributed by atoms with Gasteiger partial charge in [-0.1, -0.05) is 65.0 Å². The minimum atomic E-state index is -0.270. The summed E-state index contributed by atoms with van der Waals surface area (Å²) in [5.41, 5.74) is 8.84. The van der Waals surface area contributed by atoms with E-state index in [4.69, 9.17) is 4.74 Å². The maximum Gasteiger partial charge on any atom is 0.338 e. The zero-order chi connectivity index (χ0) is 21.6. The maximum absolute atomic E-state index is 11.9. The van der Waals surface area contributed by atoms with E-state index < -0.39 is 0 Å². The lowest BCUT2D eigenvalue weighted by molar-refractivity contribution is 0.0526. The van der Waals surface area contributed by atoms with Crippen LogP contribution in [0.3, 0.4) is 0 Å². The van der Waals surface area contributed by atoms with Crippen LogP contribution in [-0.4, -0.2) is 12.6 Å². The van der Waals surface area contributed by atoms with E-state index >= 15 is 0 Å². The Hall–Kier alpha value is -2.35. The minimum Gasteiger partial charge on any atom is -0.462 e. The molecule has 1 aliphatic carbocycles. The van der Waals surface area contributed by atoms with Gasteiger partial charge in [0.05, 0.1) is 12.2 Å². The van der Waals surface area contributed by atoms with Crippen molar-refractivity contribution in [2.45, 2.75) is 66.2 Å². The van der Waals surface area contributed by atoms with E-state index in [9.17, 15) is 4.79 Å². The quantitative estimate of drug-likeness (QED) is 0.417. The number of esters is 1. The van der Waals surface area contributed by atoms with Crippen LogP contribution in [0.15, 0.2) is 36.4 Å². The highest BCUT2D eigenvalue weighted by atomic mass is 16.5. The third-order valence-corrected chi connectivity index (χ3v) is 7.15. The topological polar surface area (TPSA) is 26.3 Å². The number of rotatable bonds is 4. The van der Waals surface area contributed by atoms with Crippen molar-refractivity contribution in [1.29, 1.82) is 0 Å². The summed E-state index contributed by atoms with van der Waals surface area (Å²) in [7, 11) is 0. The lowest BCUT2D eigenvalue weighted by Crippen LogP contribution is -2.30. The largest absolute Gasteiger partial charge is 0.462 e. The van der Waals surface area contributed by atoms with Gasteiger partial charge in [0.25, 0.3) is 0 Å². The van der Waals surface area contributed by atoms with Gasteiger partial charge in [0.15, 0.2) is 0 Å². The molecule has 0 heterocycles. The monoisotopic (exact) mass is 390 g/mol. The summed E-state index contributed by atoms with van der Waals surface area (Å²) in [4.78, 5) is 11.9. The predicted octanol–water partition coefficient (Wildman–Crippen LogP) is 6.94. The molecule has 0 bridgehead atoms. The van der Waals surface area contributed by atoms with Gasteiger partial charge in [-0.05, 0) is 83.0 Å². The van der Waals surface area contributed by atoms with E-state index in [0.29, 0.717) is 18.1 Å². The molecule has 2 aromatic carbocycles. The summed E-state index contributed by atoms with van der Waals surface area (Å²) in [6, 6.07) is 12.4. The van der Waals surface area contributed by atoms with Crippen LogP contribution in [0.5, 0.6) is 0 Å². The van der Waals surface area contributed by atoms with Crippen LogP contribution in [-0.2, 0) is 15.6 Å². The zero-order valence-corrected chi connectivity index (χ0v) is 19.1. The molecule has 2 nitrogen and oxygen atoms in total. The van der Waals surface area contributed by atoms with Crippen molar-refractivity contribution < 1.29 is 9.53 Å². The first-order chi connectivity index (χ1) is 13.5. The molecule has 0 spiro atoms. The van der Waals surface area contributed by atoms with E-state index in [-0.39, 0.29) is 16.8 Å². The van der Waals surface area contributed by atoms with Gasteiger partial charge in [-0.15, -0.1) is 0 Å². The molecule has 1 atom stereocenters. The van der Waals surface area contributed by atoms with Crippen LogP contribution >= 0.6 is 0 Å². The molecule has 3 rings (SSSR count). The molecule has 2 aromatic rings. The first-order valence-electron chi connectivity index (χ1n) is 10.6. The van der Waals surface area contributed by atoms with Gasteiger partial charge in [-0.25, -0.2) is 4.79 Å². The van der Waals surface area contributed by atoms with Crippen LogP contribution in [0.1, 0.15) is 86.6 Å². The molecule has 29 heavy (non-hydrogen) atoms. The highest BCUT2D eigenvalue weighted by Gasteiger charge is 2.48. The van der Waals surface area contributed by atoms with E-state index in [1.54, 1.807) is 0 Å². The Balaban J connectivity index is 1.98. The second kappa shape index (κ2) is 7.48. The van der Waals surface area contributed by atoms with Gasteiger partial charge in [-0.2, -0.15) is 0 Å². The van der Waals surface area contributed by atoms with Crippen molar-refractivity contribution >= 4 is 17.6 Å². The van der Waals surface area contributed by atoms with Crippen LogP contribution < -0.4 is 0 Å². The van der Waals surface area contributed by atoms with Crippen LogP contribution in [0, 0.1) is 12.8 Å². The molecule has 0 amide bonds. The van der Waals surface area contributed by atoms with Gasteiger partial charge in [0, 0.05) is 0 Å². The molecular weight excluding hydrogens is 356 g/mol. The fourth-order valence-electron chi connectivity index (χ4n) is 4.83. The number of carbonyl (C=O) groups is 1. The fraction of sp³-hybridized carbons (Fsp3) is 0.444. The Morgan fingerprint density at radius 2 is 1.59 bits per heavy atom. The van der Waals surface area contributed by atoms with E-state index in [2.05, 4.69) is 66.7 Å². The highest BCUT2D eigenvalue weighted by Crippen LogP contribution is 2.54. The lowest BCUT2D eigenvalue weighted by Gasteiger charge is -2.32. The molecule has 0 radical (unpaired) electrons. The summed E-state index contributed by atoms with van der Waals surface area (Å²) < 4.78 is 5.07. The second-order valence-corrected chi connectivity index (χ2v) is 9.55. The normalized spacial score (nSPS) is 19.7. The molecular formula is C27H34O2. The predicted molar refractivity (Wildman–Crippen MR) is 122 cm³/mol. The molecule has 154 valence electrons. The summed E-state index contributed by atoms with van der Waals surface area (Å²) in [6.45, 7) is 18.5. The van der Waals surface area contributed by atoms with Crippen molar-refractivity contribution in [3.05, 3.63) is 69.8 Å². The number of benzene rings is 2. The average molecular weight is 391 g/mol. The number of carbonyl (C=O) groups excluding carboxylic acids is 1. The average Bonchev–Trinajstić information content (AvgIpc) is 2.79. The van der Waals surface area contributed by atoms with Crippen molar-refractivity contribution in [2.75, 3.05) is 6.61 Å². The first kappa shape index (κ1) is 21.4. The number of allylic oxidation sites excluding steroid dienone is 1. The van der Waals surface area contributed by atoms with Crippen molar-refractivity contribution in [1.82, 2.24) is 0 Å². The van der Waals surface area contributed by atoms with E-state index in [1.807, 2.05) is 31.2 Å². The van der Waals surface area contributed by atoms with Crippen molar-refractivity contribution in [3.8, 4) is 0 Å². The number of ether oxygens (including phenoxy) is 1. The lowest BCUT2D eigenvalue weighted by atomic mass is 9.71. The Morgan fingerprint density at radius 1 is 1.03 bits per heavy atom. The van der Waals surface area contributed by atoms with Crippen LogP contribution in [0.25, 0.3) is 11.6 Å². The van der Waals surface area contributed by atoms with Gasteiger partial charge in [0.2, 0.25) is 0 Å². The smallest absolute Gasteiger partial charge is 0.338 e. The minimum absolute atomic E-state index is 0.156. The number of hydrogen-bond acceptors (Lipinski definition) is 2. The Bertz CT molecular complexity index is 959. The fourth-order valence-corrected chi connectivity index (χ4v) is 4.83. The number of hydrogen-bond donors (Lipinski definition) is 0. The second-order valence-electron chi connectivity index (χ2n) is 9.55. The maximum atomic E-state index is 11.9. The SMILES string of the molecule is CCOC(=O)c1ccc(/C=C(\C)c2cc3c(cc2C)C(C)(C)C(C)C3(C)C)cc1. The molecule has 0 N–H and O–H groups in total. The molecule has 0 aromatic heterocycles. The Kier molecular flexibility index (Phi) is 5.51. The molecule has 0 fully saturated rings. The molecule has 2 heteroatoms. The van der Waals surface area contributed by atoms with Gasteiger partial charge in [-0.3, -0.25) is 0 Å². The summed E-state index contributed by atoms with van der Waals surface area (Å²) in [6.07, 6.45) is 2.19. The summed E-state index contributed by atoms with van der Waals surface area (Å²) >= 11 is 0.